The molecule has 1 fully saturated rings. The van der Waals surface area contributed by atoms with Gasteiger partial charge in [0.05, 0.1) is 18.9 Å². The Hall–Kier alpha value is -1.85. The quantitative estimate of drug-likeness (QED) is 0.556. The minimum Gasteiger partial charge on any atom is -0.466 e. The average molecular weight is 268 g/mol. The van der Waals surface area contributed by atoms with Crippen molar-refractivity contribution in [3.8, 4) is 0 Å². The number of rotatable bonds is 3. The Labute approximate surface area is 110 Å². The third-order valence-corrected chi connectivity index (χ3v) is 3.69. The van der Waals surface area contributed by atoms with Crippen LogP contribution < -0.4 is 0 Å². The van der Waals surface area contributed by atoms with Gasteiger partial charge in [0.25, 0.3) is 0 Å². The third kappa shape index (κ3) is 2.47. The second kappa shape index (κ2) is 5.42. The Kier molecular flexibility index (Phi) is 3.87. The zero-order chi connectivity index (χ0) is 14.0. The van der Waals surface area contributed by atoms with Crippen molar-refractivity contribution in [2.75, 3.05) is 7.11 Å². The number of carbonyl (C=O) groups is 3. The van der Waals surface area contributed by atoms with Crippen LogP contribution in [0.5, 0.6) is 0 Å². The van der Waals surface area contributed by atoms with E-state index in [0.717, 1.165) is 6.29 Å². The molecular formula is C13H16O6. The van der Waals surface area contributed by atoms with E-state index in [-0.39, 0.29) is 17.8 Å². The van der Waals surface area contributed by atoms with Gasteiger partial charge in [0.2, 0.25) is 6.29 Å². The molecule has 0 aromatic rings. The van der Waals surface area contributed by atoms with E-state index in [9.17, 15) is 14.4 Å². The summed E-state index contributed by atoms with van der Waals surface area (Å²) in [6, 6.07) is 0. The van der Waals surface area contributed by atoms with Crippen LogP contribution in [0.25, 0.3) is 0 Å². The van der Waals surface area contributed by atoms with Gasteiger partial charge in [-0.2, -0.15) is 0 Å². The predicted molar refractivity (Wildman–Crippen MR) is 62.5 cm³/mol. The molecule has 0 spiro atoms. The molecule has 0 amide bonds. The summed E-state index contributed by atoms with van der Waals surface area (Å²) in [4.78, 5) is 33.8. The lowest BCUT2D eigenvalue weighted by atomic mass is 9.83. The number of hydrogen-bond acceptors (Lipinski definition) is 6. The van der Waals surface area contributed by atoms with Gasteiger partial charge in [-0.15, -0.1) is 0 Å². The number of aldehydes is 1. The van der Waals surface area contributed by atoms with E-state index in [2.05, 4.69) is 0 Å². The first-order valence-electron chi connectivity index (χ1n) is 6.14. The highest BCUT2D eigenvalue weighted by molar-refractivity contribution is 5.89. The van der Waals surface area contributed by atoms with E-state index in [1.165, 1.54) is 20.3 Å². The van der Waals surface area contributed by atoms with Gasteiger partial charge in [-0.25, -0.2) is 4.79 Å². The number of carbonyl (C=O) groups excluding carboxylic acids is 3. The molecule has 6 nitrogen and oxygen atoms in total. The summed E-state index contributed by atoms with van der Waals surface area (Å²) in [6.07, 6.45) is 2.64. The summed E-state index contributed by atoms with van der Waals surface area (Å²) in [5, 5.41) is 0. The Morgan fingerprint density at radius 3 is 2.74 bits per heavy atom. The Morgan fingerprint density at radius 2 is 2.16 bits per heavy atom. The lowest BCUT2D eigenvalue weighted by Gasteiger charge is -2.33. The summed E-state index contributed by atoms with van der Waals surface area (Å²) in [5.41, 5.74) is 0.403. The van der Waals surface area contributed by atoms with Gasteiger partial charge in [-0.05, 0) is 12.8 Å². The molecule has 0 radical (unpaired) electrons. The van der Waals surface area contributed by atoms with E-state index in [1.807, 2.05) is 0 Å². The molecule has 0 saturated heterocycles. The maximum Gasteiger partial charge on any atom is 0.337 e. The largest absolute Gasteiger partial charge is 0.466 e. The van der Waals surface area contributed by atoms with Crippen LogP contribution in [0.1, 0.15) is 19.8 Å². The van der Waals surface area contributed by atoms with Gasteiger partial charge in [-0.1, -0.05) is 0 Å². The zero-order valence-corrected chi connectivity index (χ0v) is 10.8. The van der Waals surface area contributed by atoms with Crippen molar-refractivity contribution in [2.45, 2.75) is 26.1 Å². The van der Waals surface area contributed by atoms with E-state index >= 15 is 0 Å². The normalized spacial score (nSPS) is 32.6. The molecule has 4 atom stereocenters. The zero-order valence-electron chi connectivity index (χ0n) is 10.8. The number of hydrogen-bond donors (Lipinski definition) is 0. The molecule has 1 saturated carbocycles. The second-order valence-electron chi connectivity index (χ2n) is 4.74. The molecule has 0 bridgehead atoms. The van der Waals surface area contributed by atoms with Crippen LogP contribution in [0.4, 0.5) is 0 Å². The van der Waals surface area contributed by atoms with Crippen molar-refractivity contribution in [2.24, 2.45) is 17.8 Å². The van der Waals surface area contributed by atoms with Crippen molar-refractivity contribution < 1.29 is 28.6 Å². The fourth-order valence-electron chi connectivity index (χ4n) is 2.87. The number of methoxy groups -OCH3 is 1. The number of esters is 2. The van der Waals surface area contributed by atoms with Crippen LogP contribution >= 0.6 is 0 Å². The molecule has 1 aliphatic heterocycles. The standard InChI is InChI=1S/C13H16O6/c1-7(15)19-13-11-8(5-14)3-4-9(11)10(6-18-13)12(16)17-2/h5-6,8-9,11,13H,3-4H2,1-2H3. The monoisotopic (exact) mass is 268 g/mol. The minimum atomic E-state index is -0.811. The van der Waals surface area contributed by atoms with Crippen molar-refractivity contribution in [1.82, 2.24) is 0 Å². The molecule has 4 unspecified atom stereocenters. The van der Waals surface area contributed by atoms with Crippen molar-refractivity contribution >= 4 is 18.2 Å². The summed E-state index contributed by atoms with van der Waals surface area (Å²) in [7, 11) is 1.29. The molecule has 6 heteroatoms. The molecule has 2 aliphatic rings. The second-order valence-corrected chi connectivity index (χ2v) is 4.74. The van der Waals surface area contributed by atoms with Crippen LogP contribution in [-0.4, -0.2) is 31.6 Å². The average Bonchev–Trinajstić information content (AvgIpc) is 2.82. The molecule has 104 valence electrons. The number of ether oxygens (including phenoxy) is 3. The van der Waals surface area contributed by atoms with Gasteiger partial charge in [0.15, 0.2) is 0 Å². The highest BCUT2D eigenvalue weighted by Crippen LogP contribution is 2.46. The van der Waals surface area contributed by atoms with Gasteiger partial charge < -0.3 is 19.0 Å². The molecular weight excluding hydrogens is 252 g/mol. The smallest absolute Gasteiger partial charge is 0.337 e. The molecule has 0 aromatic carbocycles. The Bertz CT molecular complexity index is 427. The first kappa shape index (κ1) is 13.6. The first-order valence-corrected chi connectivity index (χ1v) is 6.14. The highest BCUT2D eigenvalue weighted by atomic mass is 16.7. The lowest BCUT2D eigenvalue weighted by molar-refractivity contribution is -0.186. The minimum absolute atomic E-state index is 0.166. The molecule has 1 aliphatic carbocycles. The van der Waals surface area contributed by atoms with Gasteiger partial charge in [-0.3, -0.25) is 4.79 Å². The van der Waals surface area contributed by atoms with Gasteiger partial charge in [0, 0.05) is 24.7 Å². The van der Waals surface area contributed by atoms with E-state index < -0.39 is 18.2 Å². The van der Waals surface area contributed by atoms with Crippen LogP contribution in [0.3, 0.4) is 0 Å². The molecule has 1 heterocycles. The first-order chi connectivity index (χ1) is 9.08. The maximum atomic E-state index is 11.7. The van der Waals surface area contributed by atoms with Crippen LogP contribution in [-0.2, 0) is 28.6 Å². The lowest BCUT2D eigenvalue weighted by Crippen LogP contribution is -2.39. The van der Waals surface area contributed by atoms with Crippen LogP contribution in [0, 0.1) is 17.8 Å². The van der Waals surface area contributed by atoms with Crippen LogP contribution in [0.2, 0.25) is 0 Å². The van der Waals surface area contributed by atoms with E-state index in [4.69, 9.17) is 14.2 Å². The summed E-state index contributed by atoms with van der Waals surface area (Å²) >= 11 is 0. The Morgan fingerprint density at radius 1 is 1.42 bits per heavy atom. The molecule has 19 heavy (non-hydrogen) atoms. The van der Waals surface area contributed by atoms with Gasteiger partial charge >= 0.3 is 11.9 Å². The molecule has 2 rings (SSSR count). The predicted octanol–water partition coefficient (Wildman–Crippen LogP) is 0.804. The van der Waals surface area contributed by atoms with Crippen molar-refractivity contribution in [1.29, 1.82) is 0 Å². The summed E-state index contributed by atoms with van der Waals surface area (Å²) < 4.78 is 15.1. The highest BCUT2D eigenvalue weighted by Gasteiger charge is 2.49. The van der Waals surface area contributed by atoms with E-state index in [0.29, 0.717) is 18.4 Å². The Balaban J connectivity index is 2.27. The van der Waals surface area contributed by atoms with E-state index in [1.54, 1.807) is 0 Å². The van der Waals surface area contributed by atoms with Gasteiger partial charge in [0.1, 0.15) is 6.29 Å². The molecule has 0 aromatic heterocycles. The third-order valence-electron chi connectivity index (χ3n) is 3.69. The maximum absolute atomic E-state index is 11.7. The van der Waals surface area contributed by atoms with Crippen LogP contribution in [0.15, 0.2) is 11.8 Å². The van der Waals surface area contributed by atoms with Crippen molar-refractivity contribution in [3.63, 3.8) is 0 Å². The van der Waals surface area contributed by atoms with Crippen molar-refractivity contribution in [3.05, 3.63) is 11.8 Å². The summed E-state index contributed by atoms with van der Waals surface area (Å²) in [5.74, 6) is -1.71. The fourth-order valence-corrected chi connectivity index (χ4v) is 2.87. The SMILES string of the molecule is COC(=O)C1=COC(OC(C)=O)C2C(C=O)CCC12. The summed E-state index contributed by atoms with van der Waals surface area (Å²) in [6.45, 7) is 1.28. The topological polar surface area (TPSA) is 78.9 Å². The molecule has 0 N–H and O–H groups in total. The number of fused-ring (bicyclic) bond motifs is 1. The fraction of sp³-hybridized carbons (Fsp3) is 0.615.